The molecule has 0 radical (unpaired) electrons. The minimum Gasteiger partial charge on any atom is -0.303 e. The summed E-state index contributed by atoms with van der Waals surface area (Å²) in [5.74, 6) is 0.920. The topological polar surface area (TPSA) is 12.0 Å². The summed E-state index contributed by atoms with van der Waals surface area (Å²) in [5, 5.41) is 4.61. The minimum absolute atomic E-state index is 0.387. The SMILES string of the molecule is CC1CCNC(C)(C2CCCCC2)S1. The molecule has 0 bridgehead atoms. The predicted octanol–water partition coefficient (Wildman–Crippen LogP) is 3.40. The fourth-order valence-electron chi connectivity index (χ4n) is 2.94. The Kier molecular flexibility index (Phi) is 3.43. The Morgan fingerprint density at radius 3 is 2.50 bits per heavy atom. The van der Waals surface area contributed by atoms with Gasteiger partial charge in [0.2, 0.25) is 0 Å². The zero-order valence-electron chi connectivity index (χ0n) is 9.51. The monoisotopic (exact) mass is 213 g/mol. The number of thioether (sulfide) groups is 1. The smallest absolute Gasteiger partial charge is 0.0647 e. The van der Waals surface area contributed by atoms with E-state index in [1.54, 1.807) is 0 Å². The maximum absolute atomic E-state index is 3.76. The highest BCUT2D eigenvalue weighted by molar-refractivity contribution is 8.01. The van der Waals surface area contributed by atoms with Gasteiger partial charge in [-0.3, -0.25) is 0 Å². The third-order valence-electron chi connectivity index (χ3n) is 3.86. The molecule has 1 nitrogen and oxygen atoms in total. The Bertz CT molecular complexity index is 189. The van der Waals surface area contributed by atoms with E-state index in [9.17, 15) is 0 Å². The van der Waals surface area contributed by atoms with E-state index in [1.807, 2.05) is 0 Å². The number of hydrogen-bond acceptors (Lipinski definition) is 2. The second kappa shape index (κ2) is 4.44. The lowest BCUT2D eigenvalue weighted by molar-refractivity contribution is 0.250. The summed E-state index contributed by atoms with van der Waals surface area (Å²) >= 11 is 2.18. The van der Waals surface area contributed by atoms with Crippen LogP contribution in [0, 0.1) is 5.92 Å². The van der Waals surface area contributed by atoms with Gasteiger partial charge >= 0.3 is 0 Å². The van der Waals surface area contributed by atoms with Crippen molar-refractivity contribution >= 4 is 11.8 Å². The van der Waals surface area contributed by atoms with Crippen LogP contribution in [-0.4, -0.2) is 16.7 Å². The average Bonchev–Trinajstić information content (AvgIpc) is 2.19. The van der Waals surface area contributed by atoms with Crippen LogP contribution in [0.2, 0.25) is 0 Å². The summed E-state index contributed by atoms with van der Waals surface area (Å²) in [5.41, 5.74) is 0. The van der Waals surface area contributed by atoms with Crippen LogP contribution >= 0.6 is 11.8 Å². The fraction of sp³-hybridized carbons (Fsp3) is 1.00. The molecule has 0 aromatic rings. The van der Waals surface area contributed by atoms with E-state index < -0.39 is 0 Å². The molecule has 2 aliphatic rings. The van der Waals surface area contributed by atoms with Crippen LogP contribution < -0.4 is 5.32 Å². The van der Waals surface area contributed by atoms with Gasteiger partial charge in [0.1, 0.15) is 0 Å². The summed E-state index contributed by atoms with van der Waals surface area (Å²) in [6.07, 6.45) is 8.61. The molecule has 1 saturated heterocycles. The van der Waals surface area contributed by atoms with Crippen molar-refractivity contribution in [3.63, 3.8) is 0 Å². The third kappa shape index (κ3) is 2.27. The average molecular weight is 213 g/mol. The molecule has 1 N–H and O–H groups in total. The first-order valence-corrected chi connectivity index (χ1v) is 7.01. The van der Waals surface area contributed by atoms with Crippen molar-refractivity contribution in [3.05, 3.63) is 0 Å². The molecule has 0 aromatic heterocycles. The maximum Gasteiger partial charge on any atom is 0.0647 e. The van der Waals surface area contributed by atoms with Crippen molar-refractivity contribution in [2.24, 2.45) is 5.92 Å². The quantitative estimate of drug-likeness (QED) is 0.716. The second-order valence-electron chi connectivity index (χ2n) is 5.09. The fourth-order valence-corrected chi connectivity index (χ4v) is 4.62. The lowest BCUT2D eigenvalue weighted by atomic mass is 9.84. The minimum atomic E-state index is 0.387. The lowest BCUT2D eigenvalue weighted by Crippen LogP contribution is -2.51. The van der Waals surface area contributed by atoms with Crippen LogP contribution in [0.4, 0.5) is 0 Å². The van der Waals surface area contributed by atoms with Gasteiger partial charge in [0, 0.05) is 5.25 Å². The predicted molar refractivity (Wildman–Crippen MR) is 64.7 cm³/mol. The Morgan fingerprint density at radius 2 is 1.86 bits per heavy atom. The van der Waals surface area contributed by atoms with Gasteiger partial charge in [0.05, 0.1) is 4.87 Å². The normalized spacial score (nSPS) is 41.1. The lowest BCUT2D eigenvalue weighted by Gasteiger charge is -2.45. The number of hydrogen-bond donors (Lipinski definition) is 1. The molecule has 14 heavy (non-hydrogen) atoms. The van der Waals surface area contributed by atoms with Crippen LogP contribution in [0.5, 0.6) is 0 Å². The Hall–Kier alpha value is 0.310. The van der Waals surface area contributed by atoms with Gasteiger partial charge in [0.15, 0.2) is 0 Å². The summed E-state index contributed by atoms with van der Waals surface area (Å²) in [4.78, 5) is 0.387. The molecule has 82 valence electrons. The number of nitrogens with one attached hydrogen (secondary N) is 1. The second-order valence-corrected chi connectivity index (χ2v) is 6.97. The summed E-state index contributed by atoms with van der Waals surface area (Å²) in [7, 11) is 0. The van der Waals surface area contributed by atoms with Gasteiger partial charge in [-0.05, 0) is 38.6 Å². The highest BCUT2D eigenvalue weighted by atomic mass is 32.2. The van der Waals surface area contributed by atoms with Gasteiger partial charge in [-0.15, -0.1) is 11.8 Å². The largest absolute Gasteiger partial charge is 0.303 e. The van der Waals surface area contributed by atoms with E-state index in [-0.39, 0.29) is 0 Å². The van der Waals surface area contributed by atoms with E-state index in [1.165, 1.54) is 45.1 Å². The van der Waals surface area contributed by atoms with Crippen molar-refractivity contribution in [3.8, 4) is 0 Å². The first kappa shape index (κ1) is 10.8. The third-order valence-corrected chi connectivity index (χ3v) is 5.46. The molecule has 1 aliphatic carbocycles. The molecule has 1 aliphatic heterocycles. The van der Waals surface area contributed by atoms with Crippen molar-refractivity contribution < 1.29 is 0 Å². The zero-order chi connectivity index (χ0) is 10.0. The van der Waals surface area contributed by atoms with Crippen molar-refractivity contribution in [2.75, 3.05) is 6.54 Å². The van der Waals surface area contributed by atoms with Crippen LogP contribution in [0.3, 0.4) is 0 Å². The molecule has 0 spiro atoms. The summed E-state index contributed by atoms with van der Waals surface area (Å²) < 4.78 is 0. The van der Waals surface area contributed by atoms with E-state index in [0.29, 0.717) is 4.87 Å². The molecular weight excluding hydrogens is 190 g/mol. The van der Waals surface area contributed by atoms with Crippen molar-refractivity contribution in [1.82, 2.24) is 5.32 Å². The van der Waals surface area contributed by atoms with Crippen LogP contribution in [0.15, 0.2) is 0 Å². The molecule has 2 rings (SSSR count). The van der Waals surface area contributed by atoms with E-state index in [0.717, 1.165) is 11.2 Å². The molecule has 2 unspecified atom stereocenters. The molecule has 1 heterocycles. The molecule has 2 fully saturated rings. The first-order chi connectivity index (χ1) is 6.71. The van der Waals surface area contributed by atoms with Crippen LogP contribution in [0.1, 0.15) is 52.4 Å². The standard InChI is InChI=1S/C12H23NS/c1-10-8-9-13-12(2,14-10)11-6-4-3-5-7-11/h10-11,13H,3-9H2,1-2H3. The zero-order valence-corrected chi connectivity index (χ0v) is 10.3. The molecule has 0 aromatic carbocycles. The molecule has 0 amide bonds. The van der Waals surface area contributed by atoms with E-state index in [2.05, 4.69) is 30.9 Å². The van der Waals surface area contributed by atoms with Crippen molar-refractivity contribution in [2.45, 2.75) is 62.5 Å². The highest BCUT2D eigenvalue weighted by Gasteiger charge is 2.38. The number of rotatable bonds is 1. The van der Waals surface area contributed by atoms with Gasteiger partial charge in [-0.2, -0.15) is 0 Å². The van der Waals surface area contributed by atoms with E-state index >= 15 is 0 Å². The first-order valence-electron chi connectivity index (χ1n) is 6.13. The van der Waals surface area contributed by atoms with Gasteiger partial charge in [0.25, 0.3) is 0 Å². The molecule has 1 saturated carbocycles. The van der Waals surface area contributed by atoms with Gasteiger partial charge in [-0.1, -0.05) is 26.2 Å². The Morgan fingerprint density at radius 1 is 1.14 bits per heavy atom. The van der Waals surface area contributed by atoms with Crippen molar-refractivity contribution in [1.29, 1.82) is 0 Å². The summed E-state index contributed by atoms with van der Waals surface area (Å²) in [6.45, 7) is 6.04. The van der Waals surface area contributed by atoms with Crippen LogP contribution in [0.25, 0.3) is 0 Å². The Labute approximate surface area is 92.4 Å². The van der Waals surface area contributed by atoms with Gasteiger partial charge < -0.3 is 5.32 Å². The highest BCUT2D eigenvalue weighted by Crippen LogP contribution is 2.43. The molecule has 2 heteroatoms. The summed E-state index contributed by atoms with van der Waals surface area (Å²) in [6, 6.07) is 0. The maximum atomic E-state index is 3.76. The molecular formula is C12H23NS. The van der Waals surface area contributed by atoms with E-state index in [4.69, 9.17) is 0 Å². The molecule has 2 atom stereocenters. The van der Waals surface area contributed by atoms with Crippen LogP contribution in [-0.2, 0) is 0 Å². The van der Waals surface area contributed by atoms with Gasteiger partial charge in [-0.25, -0.2) is 0 Å². The Balaban J connectivity index is 1.98.